The Labute approximate surface area is 104 Å². The molecule has 1 aromatic heterocycles. The standard InChI is InChI=1S/C11H17BrN2O2/c1-13-10(11(15-2)16-3)5-8-4-9(12)7-14-6-8/h4,6-7,10-11,13H,5H2,1-3H3. The summed E-state index contributed by atoms with van der Waals surface area (Å²) in [5, 5.41) is 3.18. The molecule has 0 aliphatic heterocycles. The van der Waals surface area contributed by atoms with Gasteiger partial charge in [0.15, 0.2) is 6.29 Å². The summed E-state index contributed by atoms with van der Waals surface area (Å²) in [7, 11) is 5.16. The van der Waals surface area contributed by atoms with Crippen molar-refractivity contribution in [2.24, 2.45) is 0 Å². The molecule has 16 heavy (non-hydrogen) atoms. The Morgan fingerprint density at radius 2 is 2.06 bits per heavy atom. The number of nitrogens with one attached hydrogen (secondary N) is 1. The van der Waals surface area contributed by atoms with Crippen LogP contribution in [0, 0.1) is 0 Å². The zero-order valence-corrected chi connectivity index (χ0v) is 11.3. The fraction of sp³-hybridized carbons (Fsp3) is 0.545. The second-order valence-electron chi connectivity index (χ2n) is 3.45. The van der Waals surface area contributed by atoms with E-state index in [0.29, 0.717) is 0 Å². The number of nitrogens with zero attached hydrogens (tertiary/aromatic N) is 1. The molecule has 4 nitrogen and oxygen atoms in total. The van der Waals surface area contributed by atoms with Crippen LogP contribution in [0.5, 0.6) is 0 Å². The van der Waals surface area contributed by atoms with Crippen LogP contribution in [0.15, 0.2) is 22.9 Å². The molecule has 1 aromatic rings. The van der Waals surface area contributed by atoms with Crippen LogP contribution in [0.25, 0.3) is 0 Å². The molecule has 0 aliphatic carbocycles. The highest BCUT2D eigenvalue weighted by Crippen LogP contribution is 2.13. The highest BCUT2D eigenvalue weighted by molar-refractivity contribution is 9.10. The Kier molecular flexibility index (Phi) is 5.90. The fourth-order valence-electron chi connectivity index (χ4n) is 1.58. The summed E-state index contributed by atoms with van der Waals surface area (Å²) in [6.07, 6.45) is 4.15. The van der Waals surface area contributed by atoms with Gasteiger partial charge in [0.2, 0.25) is 0 Å². The minimum absolute atomic E-state index is 0.103. The van der Waals surface area contributed by atoms with Crippen LogP contribution in [0.3, 0.4) is 0 Å². The molecule has 0 aliphatic rings. The van der Waals surface area contributed by atoms with Crippen molar-refractivity contribution in [1.82, 2.24) is 10.3 Å². The van der Waals surface area contributed by atoms with Gasteiger partial charge in [0.1, 0.15) is 0 Å². The lowest BCUT2D eigenvalue weighted by Gasteiger charge is -2.24. The smallest absolute Gasteiger partial charge is 0.172 e. The van der Waals surface area contributed by atoms with Gasteiger partial charge in [0.25, 0.3) is 0 Å². The van der Waals surface area contributed by atoms with Gasteiger partial charge in [-0.1, -0.05) is 0 Å². The van der Waals surface area contributed by atoms with Crippen LogP contribution < -0.4 is 5.32 Å². The molecule has 0 fully saturated rings. The molecule has 0 spiro atoms. The van der Waals surface area contributed by atoms with Crippen molar-refractivity contribution in [1.29, 1.82) is 0 Å². The van der Waals surface area contributed by atoms with E-state index in [-0.39, 0.29) is 12.3 Å². The normalized spacial score (nSPS) is 13.1. The van der Waals surface area contributed by atoms with Gasteiger partial charge in [-0.2, -0.15) is 0 Å². The van der Waals surface area contributed by atoms with E-state index < -0.39 is 0 Å². The molecule has 1 atom stereocenters. The van der Waals surface area contributed by atoms with Crippen LogP contribution in [-0.4, -0.2) is 38.6 Å². The Hall–Kier alpha value is -0.490. The number of hydrogen-bond acceptors (Lipinski definition) is 4. The molecule has 1 heterocycles. The minimum Gasteiger partial charge on any atom is -0.354 e. The van der Waals surface area contributed by atoms with E-state index in [4.69, 9.17) is 9.47 Å². The van der Waals surface area contributed by atoms with Crippen LogP contribution in [0.2, 0.25) is 0 Å². The summed E-state index contributed by atoms with van der Waals surface area (Å²) >= 11 is 3.40. The molecule has 0 bridgehead atoms. The van der Waals surface area contributed by atoms with E-state index in [9.17, 15) is 0 Å². The lowest BCUT2D eigenvalue weighted by molar-refractivity contribution is -0.121. The molecule has 5 heteroatoms. The Morgan fingerprint density at radius 1 is 1.38 bits per heavy atom. The molecule has 90 valence electrons. The fourth-order valence-corrected chi connectivity index (χ4v) is 1.99. The van der Waals surface area contributed by atoms with Crippen LogP contribution >= 0.6 is 15.9 Å². The van der Waals surface area contributed by atoms with Crippen LogP contribution in [0.4, 0.5) is 0 Å². The second kappa shape index (κ2) is 6.96. The third-order valence-corrected chi connectivity index (χ3v) is 2.81. The number of likely N-dealkylation sites (N-methyl/N-ethyl adjacent to an activating group) is 1. The Morgan fingerprint density at radius 3 is 2.56 bits per heavy atom. The van der Waals surface area contributed by atoms with Gasteiger partial charge < -0.3 is 14.8 Å². The number of hydrogen-bond donors (Lipinski definition) is 1. The molecular formula is C11H17BrN2O2. The Bertz CT molecular complexity index is 319. The summed E-state index contributed by atoms with van der Waals surface area (Å²) < 4.78 is 11.5. The van der Waals surface area contributed by atoms with E-state index in [1.807, 2.05) is 19.3 Å². The first kappa shape index (κ1) is 13.6. The summed E-state index contributed by atoms with van der Waals surface area (Å²) in [6, 6.07) is 2.14. The number of aromatic nitrogens is 1. The van der Waals surface area contributed by atoms with Gasteiger partial charge in [-0.05, 0) is 41.0 Å². The zero-order valence-electron chi connectivity index (χ0n) is 9.74. The van der Waals surface area contributed by atoms with Gasteiger partial charge in [0.05, 0.1) is 6.04 Å². The first-order chi connectivity index (χ1) is 7.71. The summed E-state index contributed by atoms with van der Waals surface area (Å²) in [6.45, 7) is 0. The molecule has 0 aromatic carbocycles. The molecule has 0 saturated carbocycles. The van der Waals surface area contributed by atoms with Gasteiger partial charge in [-0.3, -0.25) is 4.98 Å². The Balaban J connectivity index is 2.69. The number of pyridine rings is 1. The topological polar surface area (TPSA) is 43.4 Å². The number of methoxy groups -OCH3 is 2. The first-order valence-corrected chi connectivity index (χ1v) is 5.82. The highest BCUT2D eigenvalue weighted by atomic mass is 79.9. The molecule has 1 unspecified atom stereocenters. The molecule has 1 rings (SSSR count). The average Bonchev–Trinajstić information content (AvgIpc) is 2.29. The predicted molar refractivity (Wildman–Crippen MR) is 66.3 cm³/mol. The van der Waals surface area contributed by atoms with Crippen LogP contribution in [-0.2, 0) is 15.9 Å². The first-order valence-electron chi connectivity index (χ1n) is 5.03. The molecule has 1 N–H and O–H groups in total. The maximum atomic E-state index is 5.24. The SMILES string of the molecule is CNC(Cc1cncc(Br)c1)C(OC)OC. The largest absolute Gasteiger partial charge is 0.354 e. The van der Waals surface area contributed by atoms with Crippen molar-refractivity contribution in [3.8, 4) is 0 Å². The third kappa shape index (κ3) is 3.83. The average molecular weight is 289 g/mol. The quantitative estimate of drug-likeness (QED) is 0.808. The predicted octanol–water partition coefficient (Wildman–Crippen LogP) is 1.59. The van der Waals surface area contributed by atoms with Crippen molar-refractivity contribution in [2.45, 2.75) is 18.8 Å². The molecule has 0 saturated heterocycles. The number of rotatable bonds is 6. The summed E-state index contributed by atoms with van der Waals surface area (Å²) in [4.78, 5) is 4.13. The van der Waals surface area contributed by atoms with E-state index in [2.05, 4.69) is 26.2 Å². The van der Waals surface area contributed by atoms with E-state index in [1.165, 1.54) is 0 Å². The summed E-state index contributed by atoms with van der Waals surface area (Å²) in [5.41, 5.74) is 1.13. The molecular weight excluding hydrogens is 272 g/mol. The molecule has 0 radical (unpaired) electrons. The van der Waals surface area contributed by atoms with E-state index >= 15 is 0 Å². The lowest BCUT2D eigenvalue weighted by atomic mass is 10.1. The van der Waals surface area contributed by atoms with Crippen molar-refractivity contribution >= 4 is 15.9 Å². The highest BCUT2D eigenvalue weighted by Gasteiger charge is 2.19. The minimum atomic E-state index is -0.260. The second-order valence-corrected chi connectivity index (χ2v) is 4.37. The molecule has 0 amide bonds. The lowest BCUT2D eigenvalue weighted by Crippen LogP contribution is -2.41. The van der Waals surface area contributed by atoms with Gasteiger partial charge in [-0.15, -0.1) is 0 Å². The number of ether oxygens (including phenoxy) is 2. The number of halogens is 1. The van der Waals surface area contributed by atoms with E-state index in [1.54, 1.807) is 20.4 Å². The van der Waals surface area contributed by atoms with Crippen molar-refractivity contribution in [3.63, 3.8) is 0 Å². The van der Waals surface area contributed by atoms with Gasteiger partial charge in [-0.25, -0.2) is 0 Å². The van der Waals surface area contributed by atoms with E-state index in [0.717, 1.165) is 16.5 Å². The van der Waals surface area contributed by atoms with Crippen molar-refractivity contribution in [2.75, 3.05) is 21.3 Å². The maximum Gasteiger partial charge on any atom is 0.172 e. The van der Waals surface area contributed by atoms with Crippen LogP contribution in [0.1, 0.15) is 5.56 Å². The van der Waals surface area contributed by atoms with Crippen molar-refractivity contribution < 1.29 is 9.47 Å². The van der Waals surface area contributed by atoms with Gasteiger partial charge >= 0.3 is 0 Å². The van der Waals surface area contributed by atoms with Gasteiger partial charge in [0, 0.05) is 31.1 Å². The monoisotopic (exact) mass is 288 g/mol. The maximum absolute atomic E-state index is 5.24. The third-order valence-electron chi connectivity index (χ3n) is 2.38. The summed E-state index contributed by atoms with van der Waals surface area (Å²) in [5.74, 6) is 0. The van der Waals surface area contributed by atoms with Crippen molar-refractivity contribution in [3.05, 3.63) is 28.5 Å². The zero-order chi connectivity index (χ0) is 12.0.